The number of hydrogen-bond acceptors (Lipinski definition) is 2. The molecule has 2 atom stereocenters. The van der Waals surface area contributed by atoms with Crippen molar-refractivity contribution in [3.8, 4) is 0 Å². The third kappa shape index (κ3) is 4.12. The van der Waals surface area contributed by atoms with Crippen molar-refractivity contribution in [2.75, 3.05) is 18.3 Å². The van der Waals surface area contributed by atoms with Gasteiger partial charge in [0.2, 0.25) is 0 Å². The lowest BCUT2D eigenvalue weighted by Crippen LogP contribution is -2.19. The molecule has 0 aromatic rings. The van der Waals surface area contributed by atoms with Crippen LogP contribution in [-0.4, -0.2) is 29.6 Å². The summed E-state index contributed by atoms with van der Waals surface area (Å²) < 4.78 is 0. The van der Waals surface area contributed by atoms with Crippen molar-refractivity contribution in [2.45, 2.75) is 18.3 Å². The molecule has 0 aliphatic carbocycles. The maximum absolute atomic E-state index is 10.8. The molecule has 0 saturated heterocycles. The van der Waals surface area contributed by atoms with Gasteiger partial charge in [-0.25, -0.2) is 5.11 Å². The highest BCUT2D eigenvalue weighted by Gasteiger charge is 2.12. The van der Waals surface area contributed by atoms with Crippen LogP contribution < -0.4 is 0 Å². The highest BCUT2D eigenvalue weighted by molar-refractivity contribution is 8.02. The molecule has 0 N–H and O–H groups in total. The Morgan fingerprint density at radius 1 is 1.44 bits per heavy atom. The van der Waals surface area contributed by atoms with Gasteiger partial charge in [0.05, 0.1) is 0 Å². The van der Waals surface area contributed by atoms with Crippen molar-refractivity contribution < 1.29 is 5.11 Å². The standard InChI is InChI=1S/C6H13OS2/c1-5(7)6(9-3)4-8-2/h5-6H,4H2,1-3H3. The molecule has 0 aromatic heterocycles. The first kappa shape index (κ1) is 9.66. The van der Waals surface area contributed by atoms with Gasteiger partial charge in [-0.15, -0.1) is 0 Å². The van der Waals surface area contributed by atoms with Crippen LogP contribution in [0.5, 0.6) is 0 Å². The maximum Gasteiger partial charge on any atom is 0.103 e. The van der Waals surface area contributed by atoms with E-state index in [1.165, 1.54) is 0 Å². The largest absolute Gasteiger partial charge is 0.232 e. The second-order valence-electron chi connectivity index (χ2n) is 1.93. The van der Waals surface area contributed by atoms with Gasteiger partial charge in [0.1, 0.15) is 6.10 Å². The number of thioether (sulfide) groups is 2. The number of hydrogen-bond donors (Lipinski definition) is 0. The van der Waals surface area contributed by atoms with Crippen LogP contribution in [-0.2, 0) is 5.11 Å². The first-order valence-electron chi connectivity index (χ1n) is 2.90. The average molecular weight is 165 g/mol. The van der Waals surface area contributed by atoms with Gasteiger partial charge in [0, 0.05) is 11.0 Å². The lowest BCUT2D eigenvalue weighted by Gasteiger charge is -2.13. The van der Waals surface area contributed by atoms with Gasteiger partial charge in [-0.05, 0) is 19.4 Å². The fourth-order valence-corrected chi connectivity index (χ4v) is 2.49. The summed E-state index contributed by atoms with van der Waals surface area (Å²) in [6.07, 6.45) is 3.60. The van der Waals surface area contributed by atoms with Crippen molar-refractivity contribution in [1.29, 1.82) is 0 Å². The van der Waals surface area contributed by atoms with Crippen molar-refractivity contribution >= 4 is 23.5 Å². The van der Waals surface area contributed by atoms with Crippen LogP contribution >= 0.6 is 23.5 Å². The fraction of sp³-hybridized carbons (Fsp3) is 1.00. The third-order valence-corrected chi connectivity index (χ3v) is 3.22. The van der Waals surface area contributed by atoms with E-state index in [2.05, 4.69) is 0 Å². The zero-order valence-electron chi connectivity index (χ0n) is 6.09. The van der Waals surface area contributed by atoms with Gasteiger partial charge in [-0.2, -0.15) is 23.5 Å². The third-order valence-electron chi connectivity index (χ3n) is 1.16. The Labute approximate surface area is 65.6 Å². The molecule has 0 aromatic carbocycles. The summed E-state index contributed by atoms with van der Waals surface area (Å²) in [6.45, 7) is 1.73. The normalized spacial score (nSPS) is 17.3. The van der Waals surface area contributed by atoms with Crippen LogP contribution in [0.15, 0.2) is 0 Å². The Kier molecular flexibility index (Phi) is 5.84. The number of rotatable bonds is 4. The van der Waals surface area contributed by atoms with E-state index in [9.17, 15) is 5.11 Å². The second-order valence-corrected chi connectivity index (χ2v) is 3.92. The van der Waals surface area contributed by atoms with Gasteiger partial charge < -0.3 is 0 Å². The Balaban J connectivity index is 3.41. The SMILES string of the molecule is CSCC(SC)C(C)[O]. The molecule has 3 heteroatoms. The first-order valence-corrected chi connectivity index (χ1v) is 5.58. The smallest absolute Gasteiger partial charge is 0.103 e. The molecule has 0 aliphatic rings. The molecule has 9 heavy (non-hydrogen) atoms. The summed E-state index contributed by atoms with van der Waals surface area (Å²) in [5, 5.41) is 11.1. The molecule has 0 bridgehead atoms. The minimum Gasteiger partial charge on any atom is -0.232 e. The summed E-state index contributed by atoms with van der Waals surface area (Å²) in [7, 11) is 0. The van der Waals surface area contributed by atoms with E-state index < -0.39 is 6.10 Å². The van der Waals surface area contributed by atoms with E-state index in [1.54, 1.807) is 30.4 Å². The Morgan fingerprint density at radius 2 is 2.00 bits per heavy atom. The quantitative estimate of drug-likeness (QED) is 0.634. The molecule has 2 unspecified atom stereocenters. The van der Waals surface area contributed by atoms with E-state index in [1.807, 2.05) is 12.5 Å². The predicted octanol–water partition coefficient (Wildman–Crippen LogP) is 1.90. The fourth-order valence-electron chi connectivity index (χ4n) is 0.559. The molecule has 0 amide bonds. The monoisotopic (exact) mass is 165 g/mol. The lowest BCUT2D eigenvalue weighted by molar-refractivity contribution is 0.108. The molecule has 0 rings (SSSR count). The van der Waals surface area contributed by atoms with E-state index >= 15 is 0 Å². The van der Waals surface area contributed by atoms with Crippen LogP contribution in [0.4, 0.5) is 0 Å². The van der Waals surface area contributed by atoms with E-state index in [4.69, 9.17) is 0 Å². The summed E-state index contributed by atoms with van der Waals surface area (Å²) in [5.74, 6) is 0.978. The summed E-state index contributed by atoms with van der Waals surface area (Å²) in [6, 6.07) is 0. The predicted molar refractivity (Wildman–Crippen MR) is 45.8 cm³/mol. The van der Waals surface area contributed by atoms with Crippen molar-refractivity contribution in [3.63, 3.8) is 0 Å². The van der Waals surface area contributed by atoms with Crippen LogP contribution in [0.2, 0.25) is 0 Å². The van der Waals surface area contributed by atoms with Crippen LogP contribution in [0.25, 0.3) is 0 Å². The highest BCUT2D eigenvalue weighted by atomic mass is 32.2. The van der Waals surface area contributed by atoms with Crippen molar-refractivity contribution in [2.24, 2.45) is 0 Å². The second kappa shape index (κ2) is 5.45. The van der Waals surface area contributed by atoms with E-state index in [-0.39, 0.29) is 0 Å². The van der Waals surface area contributed by atoms with Crippen LogP contribution in [0, 0.1) is 0 Å². The minimum atomic E-state index is -0.424. The Bertz CT molecular complexity index is 66.1. The Morgan fingerprint density at radius 3 is 2.11 bits per heavy atom. The molecule has 0 saturated carbocycles. The first-order chi connectivity index (χ1) is 4.22. The summed E-state index contributed by atoms with van der Waals surface area (Å²) >= 11 is 3.41. The lowest BCUT2D eigenvalue weighted by atomic mass is 10.3. The van der Waals surface area contributed by atoms with Gasteiger partial charge in [-0.3, -0.25) is 0 Å². The zero-order chi connectivity index (χ0) is 7.28. The molecular formula is C6H13OS2. The topological polar surface area (TPSA) is 19.9 Å². The molecule has 0 aliphatic heterocycles. The minimum absolute atomic E-state index is 0.292. The Hall–Kier alpha value is 0.660. The average Bonchev–Trinajstić information content (AvgIpc) is 1.82. The van der Waals surface area contributed by atoms with Gasteiger partial charge in [-0.1, -0.05) is 0 Å². The van der Waals surface area contributed by atoms with Crippen LogP contribution in [0.1, 0.15) is 6.92 Å². The molecule has 55 valence electrons. The molecule has 1 nitrogen and oxygen atoms in total. The highest BCUT2D eigenvalue weighted by Crippen LogP contribution is 2.15. The van der Waals surface area contributed by atoms with Crippen molar-refractivity contribution in [1.82, 2.24) is 0 Å². The van der Waals surface area contributed by atoms with Gasteiger partial charge in [0.25, 0.3) is 0 Å². The van der Waals surface area contributed by atoms with Crippen LogP contribution in [0.3, 0.4) is 0 Å². The molecular weight excluding hydrogens is 152 g/mol. The zero-order valence-corrected chi connectivity index (χ0v) is 7.72. The molecule has 0 heterocycles. The van der Waals surface area contributed by atoms with E-state index in [0.717, 1.165) is 5.75 Å². The molecule has 1 radical (unpaired) electrons. The van der Waals surface area contributed by atoms with Gasteiger partial charge in [0.15, 0.2) is 0 Å². The summed E-state index contributed by atoms with van der Waals surface area (Å²) in [4.78, 5) is 0. The van der Waals surface area contributed by atoms with Gasteiger partial charge >= 0.3 is 0 Å². The van der Waals surface area contributed by atoms with Crippen molar-refractivity contribution in [3.05, 3.63) is 0 Å². The molecule has 0 spiro atoms. The molecule has 0 fully saturated rings. The van der Waals surface area contributed by atoms with E-state index in [0.29, 0.717) is 5.25 Å². The maximum atomic E-state index is 10.8. The summed E-state index contributed by atoms with van der Waals surface area (Å²) in [5.41, 5.74) is 0.